The molecule has 0 spiro atoms. The fourth-order valence-corrected chi connectivity index (χ4v) is 4.87. The van der Waals surface area contributed by atoms with Crippen molar-refractivity contribution in [2.75, 3.05) is 13.2 Å². The second-order valence-electron chi connectivity index (χ2n) is 9.80. The molecular formula is C29H48O3. The van der Waals surface area contributed by atoms with Gasteiger partial charge in [-0.05, 0) is 55.4 Å². The summed E-state index contributed by atoms with van der Waals surface area (Å²) >= 11 is 0. The van der Waals surface area contributed by atoms with Crippen LogP contribution in [0.2, 0.25) is 0 Å². The number of hydrogen-bond donors (Lipinski definition) is 0. The van der Waals surface area contributed by atoms with Gasteiger partial charge in [0.05, 0.1) is 18.8 Å². The molecule has 1 fully saturated rings. The number of benzene rings is 1. The molecule has 0 amide bonds. The van der Waals surface area contributed by atoms with Crippen LogP contribution in [-0.4, -0.2) is 19.2 Å². The molecule has 1 aromatic carbocycles. The van der Waals surface area contributed by atoms with Crippen molar-refractivity contribution < 1.29 is 14.3 Å². The Morgan fingerprint density at radius 3 is 1.94 bits per heavy atom. The minimum Gasteiger partial charge on any atom is -0.494 e. The largest absolute Gasteiger partial charge is 0.494 e. The SMILES string of the molecule is CCCCCCCCOC(=O)c1ccc(OCCCC2CCC(CCCCC)CC2)cc1. The van der Waals surface area contributed by atoms with Crippen LogP contribution in [0.5, 0.6) is 5.75 Å². The summed E-state index contributed by atoms with van der Waals surface area (Å²) < 4.78 is 11.3. The highest BCUT2D eigenvalue weighted by Crippen LogP contribution is 2.34. The third-order valence-corrected chi connectivity index (χ3v) is 7.03. The zero-order valence-electron chi connectivity index (χ0n) is 20.9. The number of esters is 1. The first-order valence-electron chi connectivity index (χ1n) is 13.6. The quantitative estimate of drug-likeness (QED) is 0.178. The highest BCUT2D eigenvalue weighted by atomic mass is 16.5. The maximum atomic E-state index is 12.2. The van der Waals surface area contributed by atoms with Gasteiger partial charge in [-0.25, -0.2) is 4.79 Å². The summed E-state index contributed by atoms with van der Waals surface area (Å²) in [5.41, 5.74) is 0.610. The lowest BCUT2D eigenvalue weighted by atomic mass is 9.78. The van der Waals surface area contributed by atoms with Gasteiger partial charge in [-0.1, -0.05) is 97.3 Å². The first-order valence-corrected chi connectivity index (χ1v) is 13.6. The number of carbonyl (C=O) groups excluding carboxylic acids is 1. The van der Waals surface area contributed by atoms with E-state index < -0.39 is 0 Å². The van der Waals surface area contributed by atoms with Gasteiger partial charge < -0.3 is 9.47 Å². The van der Waals surface area contributed by atoms with Crippen molar-refractivity contribution in [1.82, 2.24) is 0 Å². The summed E-state index contributed by atoms with van der Waals surface area (Å²) in [6, 6.07) is 7.42. The second-order valence-corrected chi connectivity index (χ2v) is 9.80. The van der Waals surface area contributed by atoms with Gasteiger partial charge in [-0.2, -0.15) is 0 Å². The van der Waals surface area contributed by atoms with Crippen molar-refractivity contribution in [3.05, 3.63) is 29.8 Å². The van der Waals surface area contributed by atoms with Gasteiger partial charge in [0.25, 0.3) is 0 Å². The predicted octanol–water partition coefficient (Wildman–Crippen LogP) is 8.75. The molecular weight excluding hydrogens is 396 g/mol. The molecule has 0 aromatic heterocycles. The van der Waals surface area contributed by atoms with Crippen LogP contribution in [0.1, 0.15) is 127 Å². The monoisotopic (exact) mass is 444 g/mol. The van der Waals surface area contributed by atoms with E-state index in [1.165, 1.54) is 83.5 Å². The minimum absolute atomic E-state index is 0.226. The highest BCUT2D eigenvalue weighted by Gasteiger charge is 2.20. The van der Waals surface area contributed by atoms with E-state index in [1.54, 1.807) is 0 Å². The van der Waals surface area contributed by atoms with Crippen LogP contribution in [0.4, 0.5) is 0 Å². The number of unbranched alkanes of at least 4 members (excludes halogenated alkanes) is 7. The maximum Gasteiger partial charge on any atom is 0.338 e. The summed E-state index contributed by atoms with van der Waals surface area (Å²) in [5.74, 6) is 2.50. The Morgan fingerprint density at radius 1 is 0.719 bits per heavy atom. The molecule has 0 heterocycles. The predicted molar refractivity (Wildman–Crippen MR) is 134 cm³/mol. The number of carbonyl (C=O) groups is 1. The lowest BCUT2D eigenvalue weighted by molar-refractivity contribution is 0.0497. The fraction of sp³-hybridized carbons (Fsp3) is 0.759. The van der Waals surface area contributed by atoms with Crippen molar-refractivity contribution >= 4 is 5.97 Å². The molecule has 1 aliphatic carbocycles. The summed E-state index contributed by atoms with van der Waals surface area (Å²) in [4.78, 5) is 12.2. The Bertz CT molecular complexity index is 587. The molecule has 0 saturated heterocycles. The smallest absolute Gasteiger partial charge is 0.338 e. The van der Waals surface area contributed by atoms with Gasteiger partial charge in [0, 0.05) is 0 Å². The van der Waals surface area contributed by atoms with E-state index in [9.17, 15) is 4.79 Å². The summed E-state index contributed by atoms with van der Waals surface area (Å²) in [6.07, 6.45) is 20.9. The Kier molecular flexibility index (Phi) is 14.2. The second kappa shape index (κ2) is 17.0. The summed E-state index contributed by atoms with van der Waals surface area (Å²) in [7, 11) is 0. The zero-order chi connectivity index (χ0) is 22.9. The topological polar surface area (TPSA) is 35.5 Å². The molecule has 0 bridgehead atoms. The van der Waals surface area contributed by atoms with Gasteiger partial charge >= 0.3 is 5.97 Å². The van der Waals surface area contributed by atoms with Crippen LogP contribution in [-0.2, 0) is 4.74 Å². The third kappa shape index (κ3) is 11.4. The Balaban J connectivity index is 1.52. The summed E-state index contributed by atoms with van der Waals surface area (Å²) in [6.45, 7) is 5.79. The number of rotatable bonds is 17. The molecule has 0 N–H and O–H groups in total. The van der Waals surface area contributed by atoms with E-state index >= 15 is 0 Å². The van der Waals surface area contributed by atoms with Crippen molar-refractivity contribution in [1.29, 1.82) is 0 Å². The minimum atomic E-state index is -0.226. The first kappa shape index (κ1) is 26.7. The molecule has 1 saturated carbocycles. The molecule has 3 nitrogen and oxygen atoms in total. The molecule has 1 aliphatic rings. The van der Waals surface area contributed by atoms with Crippen LogP contribution < -0.4 is 4.74 Å². The lowest BCUT2D eigenvalue weighted by Crippen LogP contribution is -2.15. The molecule has 32 heavy (non-hydrogen) atoms. The van der Waals surface area contributed by atoms with Gasteiger partial charge in [0.2, 0.25) is 0 Å². The molecule has 0 unspecified atom stereocenters. The highest BCUT2D eigenvalue weighted by molar-refractivity contribution is 5.89. The molecule has 2 rings (SSSR count). The number of ether oxygens (including phenoxy) is 2. The first-order chi connectivity index (χ1) is 15.7. The van der Waals surface area contributed by atoms with Gasteiger partial charge in [-0.3, -0.25) is 0 Å². The average Bonchev–Trinajstić information content (AvgIpc) is 2.82. The van der Waals surface area contributed by atoms with E-state index in [0.29, 0.717) is 12.2 Å². The molecule has 182 valence electrons. The normalized spacial score (nSPS) is 18.4. The van der Waals surface area contributed by atoms with Gasteiger partial charge in [0.15, 0.2) is 0 Å². The van der Waals surface area contributed by atoms with Gasteiger partial charge in [-0.15, -0.1) is 0 Å². The molecule has 0 aliphatic heterocycles. The Hall–Kier alpha value is -1.51. The summed E-state index contributed by atoms with van der Waals surface area (Å²) in [5, 5.41) is 0. The number of hydrogen-bond acceptors (Lipinski definition) is 3. The zero-order valence-corrected chi connectivity index (χ0v) is 20.9. The van der Waals surface area contributed by atoms with Gasteiger partial charge in [0.1, 0.15) is 5.75 Å². The van der Waals surface area contributed by atoms with E-state index in [1.807, 2.05) is 24.3 Å². The molecule has 0 radical (unpaired) electrons. The standard InChI is InChI=1S/C29H48O3/c1-3-5-7-8-9-11-23-32-29(30)27-19-21-28(22-20-27)31-24-12-14-26-17-15-25(16-18-26)13-10-6-4-2/h19-22,25-26H,3-18,23-24H2,1-2H3. The molecule has 0 atom stereocenters. The van der Waals surface area contributed by atoms with Crippen LogP contribution in [0.15, 0.2) is 24.3 Å². The molecule has 3 heteroatoms. The Labute approximate surface area is 197 Å². The Morgan fingerprint density at radius 2 is 1.28 bits per heavy atom. The van der Waals surface area contributed by atoms with Crippen LogP contribution in [0.25, 0.3) is 0 Å². The fourth-order valence-electron chi connectivity index (χ4n) is 4.87. The van der Waals surface area contributed by atoms with E-state index in [0.717, 1.165) is 43.5 Å². The van der Waals surface area contributed by atoms with Crippen LogP contribution >= 0.6 is 0 Å². The lowest BCUT2D eigenvalue weighted by Gasteiger charge is -2.28. The van der Waals surface area contributed by atoms with Crippen molar-refractivity contribution in [2.45, 2.75) is 117 Å². The van der Waals surface area contributed by atoms with Crippen LogP contribution in [0.3, 0.4) is 0 Å². The van der Waals surface area contributed by atoms with E-state index in [2.05, 4.69) is 13.8 Å². The van der Waals surface area contributed by atoms with E-state index in [4.69, 9.17) is 9.47 Å². The third-order valence-electron chi connectivity index (χ3n) is 7.03. The van der Waals surface area contributed by atoms with E-state index in [-0.39, 0.29) is 5.97 Å². The van der Waals surface area contributed by atoms with Crippen molar-refractivity contribution in [3.63, 3.8) is 0 Å². The van der Waals surface area contributed by atoms with Crippen LogP contribution in [0, 0.1) is 11.8 Å². The van der Waals surface area contributed by atoms with Crippen molar-refractivity contribution in [3.8, 4) is 5.75 Å². The van der Waals surface area contributed by atoms with Crippen molar-refractivity contribution in [2.24, 2.45) is 11.8 Å². The molecule has 1 aromatic rings. The maximum absolute atomic E-state index is 12.2. The average molecular weight is 445 g/mol.